The molecule has 2 atom stereocenters. The van der Waals surface area contributed by atoms with E-state index >= 15 is 0 Å². The molecule has 0 bridgehead atoms. The molecule has 124 valence electrons. The van der Waals surface area contributed by atoms with E-state index in [0.717, 1.165) is 48.5 Å². The third kappa shape index (κ3) is 2.95. The Morgan fingerprint density at radius 3 is 2.78 bits per heavy atom. The van der Waals surface area contributed by atoms with E-state index in [1.165, 1.54) is 28.2 Å². The highest BCUT2D eigenvalue weighted by Gasteiger charge is 2.27. The fourth-order valence-electron chi connectivity index (χ4n) is 4.06. The first-order valence-corrected chi connectivity index (χ1v) is 9.44. The highest BCUT2D eigenvalue weighted by molar-refractivity contribution is 7.18. The lowest BCUT2D eigenvalue weighted by molar-refractivity contribution is -0.928. The summed E-state index contributed by atoms with van der Waals surface area (Å²) in [5, 5.41) is 0.854. The second kappa shape index (κ2) is 6.00. The lowest BCUT2D eigenvalue weighted by Gasteiger charge is -2.32. The molecular formula is C17H24N3O2S+. The van der Waals surface area contributed by atoms with Crippen LogP contribution in [0.2, 0.25) is 0 Å². The Morgan fingerprint density at radius 1 is 1.26 bits per heavy atom. The minimum Gasteiger partial charge on any atom is -0.364 e. The summed E-state index contributed by atoms with van der Waals surface area (Å²) >= 11 is 1.73. The number of nitrogens with zero attached hydrogens (tertiary/aromatic N) is 1. The van der Waals surface area contributed by atoms with Crippen LogP contribution in [0.1, 0.15) is 43.0 Å². The molecule has 2 aliphatic rings. The van der Waals surface area contributed by atoms with Crippen LogP contribution >= 0.6 is 11.3 Å². The number of aromatic amines is 1. The third-order valence-corrected chi connectivity index (χ3v) is 6.09. The monoisotopic (exact) mass is 334 g/mol. The predicted octanol–water partition coefficient (Wildman–Crippen LogP) is 1.06. The number of rotatable bonds is 2. The second-order valence-electron chi connectivity index (χ2n) is 7.00. The minimum absolute atomic E-state index is 0.0538. The molecule has 1 aliphatic heterocycles. The average Bonchev–Trinajstić information content (AvgIpc) is 2.84. The number of aryl methyl sites for hydroxylation is 2. The van der Waals surface area contributed by atoms with Gasteiger partial charge in [0.25, 0.3) is 5.56 Å². The predicted molar refractivity (Wildman–Crippen MR) is 91.3 cm³/mol. The van der Waals surface area contributed by atoms with Gasteiger partial charge in [-0.2, -0.15) is 0 Å². The van der Waals surface area contributed by atoms with Crippen LogP contribution in [0, 0.1) is 0 Å². The average molecular weight is 334 g/mol. The molecule has 2 aromatic rings. The number of aromatic nitrogens is 2. The lowest BCUT2D eigenvalue weighted by Crippen LogP contribution is -3.14. The van der Waals surface area contributed by atoms with Crippen molar-refractivity contribution in [1.29, 1.82) is 0 Å². The van der Waals surface area contributed by atoms with E-state index in [2.05, 4.69) is 18.8 Å². The highest BCUT2D eigenvalue weighted by atomic mass is 32.1. The van der Waals surface area contributed by atoms with Crippen LogP contribution < -0.4 is 10.5 Å². The van der Waals surface area contributed by atoms with Crippen LogP contribution in [-0.4, -0.2) is 35.3 Å². The fraction of sp³-hybridized carbons (Fsp3) is 0.647. The SMILES string of the molecule is C[C@H]1C[NH+](Cc2nc3sc4c(c3c(=O)[nH]2)CCCC4)C[C@H](C)O1. The maximum atomic E-state index is 12.6. The smallest absolute Gasteiger partial charge is 0.260 e. The first-order valence-electron chi connectivity index (χ1n) is 8.62. The van der Waals surface area contributed by atoms with Crippen molar-refractivity contribution in [2.75, 3.05) is 13.1 Å². The van der Waals surface area contributed by atoms with E-state index < -0.39 is 0 Å². The number of H-pyrrole nitrogens is 1. The van der Waals surface area contributed by atoms with Gasteiger partial charge < -0.3 is 14.6 Å². The fourth-order valence-corrected chi connectivity index (χ4v) is 5.34. The number of hydrogen-bond donors (Lipinski definition) is 2. The van der Waals surface area contributed by atoms with Gasteiger partial charge in [0.05, 0.1) is 5.39 Å². The van der Waals surface area contributed by atoms with Crippen LogP contribution in [-0.2, 0) is 24.1 Å². The summed E-state index contributed by atoms with van der Waals surface area (Å²) in [6, 6.07) is 0. The van der Waals surface area contributed by atoms with Crippen molar-refractivity contribution >= 4 is 21.6 Å². The molecule has 2 aromatic heterocycles. The minimum atomic E-state index is 0.0538. The third-order valence-electron chi connectivity index (χ3n) is 4.91. The molecule has 23 heavy (non-hydrogen) atoms. The van der Waals surface area contributed by atoms with Gasteiger partial charge in [-0.15, -0.1) is 11.3 Å². The molecule has 0 saturated carbocycles. The maximum Gasteiger partial charge on any atom is 0.260 e. The Balaban J connectivity index is 1.65. The summed E-state index contributed by atoms with van der Waals surface area (Å²) < 4.78 is 5.79. The number of thiophene rings is 1. The van der Waals surface area contributed by atoms with E-state index in [-0.39, 0.29) is 17.8 Å². The Morgan fingerprint density at radius 2 is 2.00 bits per heavy atom. The molecule has 5 nitrogen and oxygen atoms in total. The molecular weight excluding hydrogens is 310 g/mol. The van der Waals surface area contributed by atoms with Crippen molar-refractivity contribution in [2.45, 2.75) is 58.3 Å². The van der Waals surface area contributed by atoms with Crippen molar-refractivity contribution in [1.82, 2.24) is 9.97 Å². The number of fused-ring (bicyclic) bond motifs is 3. The second-order valence-corrected chi connectivity index (χ2v) is 8.08. The number of morpholine rings is 1. The van der Waals surface area contributed by atoms with Gasteiger partial charge in [-0.25, -0.2) is 4.98 Å². The number of hydrogen-bond acceptors (Lipinski definition) is 4. The van der Waals surface area contributed by atoms with Crippen LogP contribution in [0.3, 0.4) is 0 Å². The Labute approximate surface area is 139 Å². The van der Waals surface area contributed by atoms with E-state index in [1.807, 2.05) is 0 Å². The summed E-state index contributed by atoms with van der Waals surface area (Å²) in [4.78, 5) is 24.2. The van der Waals surface area contributed by atoms with Crippen molar-refractivity contribution in [3.8, 4) is 0 Å². The van der Waals surface area contributed by atoms with Crippen LogP contribution in [0.4, 0.5) is 0 Å². The molecule has 3 heterocycles. The summed E-state index contributed by atoms with van der Waals surface area (Å²) in [7, 11) is 0. The van der Waals surface area contributed by atoms with Crippen molar-refractivity contribution < 1.29 is 9.64 Å². The quantitative estimate of drug-likeness (QED) is 0.863. The zero-order valence-corrected chi connectivity index (χ0v) is 14.6. The van der Waals surface area contributed by atoms with Gasteiger partial charge >= 0.3 is 0 Å². The summed E-state index contributed by atoms with van der Waals surface area (Å²) in [5.41, 5.74) is 1.32. The van der Waals surface area contributed by atoms with Gasteiger partial charge in [-0.05, 0) is 45.1 Å². The lowest BCUT2D eigenvalue weighted by atomic mass is 9.97. The highest BCUT2D eigenvalue weighted by Crippen LogP contribution is 2.33. The van der Waals surface area contributed by atoms with E-state index in [0.29, 0.717) is 0 Å². The summed E-state index contributed by atoms with van der Waals surface area (Å²) in [6.45, 7) is 6.93. The summed E-state index contributed by atoms with van der Waals surface area (Å²) in [6.07, 6.45) is 5.08. The number of ether oxygens (including phenoxy) is 1. The molecule has 6 heteroatoms. The standard InChI is InChI=1S/C17H23N3O2S/c1-10-7-20(8-11(2)22-10)9-14-18-16(21)15-12-5-3-4-6-13(12)23-17(15)19-14/h10-11H,3-9H2,1-2H3,(H,18,19,21)/p+1/t10-,11-/m0/s1. The normalized spacial score (nSPS) is 28.0. The van der Waals surface area contributed by atoms with Gasteiger partial charge in [0, 0.05) is 4.88 Å². The largest absolute Gasteiger partial charge is 0.364 e. The number of nitrogens with one attached hydrogen (secondary N) is 2. The first kappa shape index (κ1) is 15.3. The molecule has 0 spiro atoms. The molecule has 2 N–H and O–H groups in total. The molecule has 0 aromatic carbocycles. The zero-order chi connectivity index (χ0) is 16.0. The van der Waals surface area contributed by atoms with Crippen LogP contribution in [0.5, 0.6) is 0 Å². The van der Waals surface area contributed by atoms with E-state index in [4.69, 9.17) is 9.72 Å². The molecule has 0 radical (unpaired) electrons. The molecule has 1 fully saturated rings. The van der Waals surface area contributed by atoms with E-state index in [1.54, 1.807) is 11.3 Å². The van der Waals surface area contributed by atoms with Gasteiger partial charge in [0.15, 0.2) is 5.82 Å². The topological polar surface area (TPSA) is 59.4 Å². The molecule has 0 unspecified atom stereocenters. The Bertz CT molecular complexity index is 772. The van der Waals surface area contributed by atoms with Crippen LogP contribution in [0.25, 0.3) is 10.2 Å². The van der Waals surface area contributed by atoms with E-state index in [9.17, 15) is 4.79 Å². The molecule has 1 saturated heterocycles. The Kier molecular flexibility index (Phi) is 3.99. The van der Waals surface area contributed by atoms with Gasteiger partial charge in [0.1, 0.15) is 36.7 Å². The van der Waals surface area contributed by atoms with Gasteiger partial charge in [-0.1, -0.05) is 0 Å². The van der Waals surface area contributed by atoms with Gasteiger partial charge in [-0.3, -0.25) is 4.79 Å². The number of quaternary nitrogens is 1. The maximum absolute atomic E-state index is 12.6. The van der Waals surface area contributed by atoms with Gasteiger partial charge in [0.2, 0.25) is 0 Å². The van der Waals surface area contributed by atoms with Crippen molar-refractivity contribution in [2.24, 2.45) is 0 Å². The van der Waals surface area contributed by atoms with Crippen molar-refractivity contribution in [3.63, 3.8) is 0 Å². The van der Waals surface area contributed by atoms with Crippen LogP contribution in [0.15, 0.2) is 4.79 Å². The summed E-state index contributed by atoms with van der Waals surface area (Å²) in [5.74, 6) is 0.817. The first-order chi connectivity index (χ1) is 11.1. The zero-order valence-electron chi connectivity index (χ0n) is 13.8. The van der Waals surface area contributed by atoms with Crippen molar-refractivity contribution in [3.05, 3.63) is 26.6 Å². The molecule has 1 aliphatic carbocycles. The molecule has 0 amide bonds. The Hall–Kier alpha value is -1.24. The molecule has 4 rings (SSSR count).